The quantitative estimate of drug-likeness (QED) is 0.339. The lowest BCUT2D eigenvalue weighted by molar-refractivity contribution is 0.325. The van der Waals surface area contributed by atoms with Crippen LogP contribution in [-0.2, 0) is 10.0 Å². The second-order valence-corrected chi connectivity index (χ2v) is 11.0. The molecule has 2 heterocycles. The molecule has 1 unspecified atom stereocenters. The maximum Gasteiger partial charge on any atom is 0.263 e. The van der Waals surface area contributed by atoms with E-state index < -0.39 is 10.0 Å². The first kappa shape index (κ1) is 21.9. The molecular weight excluding hydrogens is 452 g/mol. The molecule has 0 amide bonds. The van der Waals surface area contributed by atoms with Gasteiger partial charge in [0, 0.05) is 34.9 Å². The highest BCUT2D eigenvalue weighted by molar-refractivity contribution is 7.93. The van der Waals surface area contributed by atoms with Gasteiger partial charge in [-0.05, 0) is 48.6 Å². The summed E-state index contributed by atoms with van der Waals surface area (Å²) in [6.07, 6.45) is 9.84. The number of anilines is 1. The van der Waals surface area contributed by atoms with Gasteiger partial charge >= 0.3 is 0 Å². The van der Waals surface area contributed by atoms with E-state index in [0.29, 0.717) is 11.0 Å². The molecule has 0 spiro atoms. The Morgan fingerprint density at radius 2 is 1.73 bits per heavy atom. The highest BCUT2D eigenvalue weighted by Gasteiger charge is 2.28. The molecule has 0 radical (unpaired) electrons. The van der Waals surface area contributed by atoms with Crippen molar-refractivity contribution >= 4 is 26.5 Å². The molecule has 2 N–H and O–H groups in total. The molecule has 8 heteroatoms. The van der Waals surface area contributed by atoms with E-state index in [2.05, 4.69) is 50.0 Å². The van der Waals surface area contributed by atoms with Gasteiger partial charge in [-0.1, -0.05) is 49.6 Å². The molecule has 1 saturated carbocycles. The van der Waals surface area contributed by atoms with Crippen molar-refractivity contribution in [1.82, 2.24) is 15.0 Å². The molecule has 33 heavy (non-hydrogen) atoms. The molecule has 0 bridgehead atoms. The lowest BCUT2D eigenvalue weighted by Gasteiger charge is -2.30. The van der Waals surface area contributed by atoms with Crippen molar-refractivity contribution in [3.8, 4) is 11.4 Å². The number of rotatable bonds is 7. The molecule has 0 saturated heterocycles. The summed E-state index contributed by atoms with van der Waals surface area (Å²) in [7, 11) is -3.67. The van der Waals surface area contributed by atoms with Crippen LogP contribution in [0.15, 0.2) is 77.3 Å². The molecule has 5 rings (SSSR count). The van der Waals surface area contributed by atoms with Crippen LogP contribution in [0.1, 0.15) is 49.3 Å². The number of H-pyrrole nitrogens is 1. The standard InChI is InChI=1S/C25H26N4O2S2/c30-33(31,29-25-26-15-16-32-25)21-13-11-20(12-14-21)24-27-17-22(28-24)23(18-7-3-1-4-8-18)19-9-5-2-6-10-19/h1,3-4,7-8,11-17,19,23H,2,5-6,9-10H2,(H,26,29)(H,27,28). The Hall–Kier alpha value is -2.97. The van der Waals surface area contributed by atoms with E-state index in [4.69, 9.17) is 0 Å². The molecule has 2 aromatic carbocycles. The van der Waals surface area contributed by atoms with Crippen molar-refractivity contribution in [2.75, 3.05) is 4.72 Å². The van der Waals surface area contributed by atoms with Crippen LogP contribution in [0.3, 0.4) is 0 Å². The Morgan fingerprint density at radius 3 is 2.42 bits per heavy atom. The van der Waals surface area contributed by atoms with Crippen LogP contribution in [0.25, 0.3) is 11.4 Å². The maximum atomic E-state index is 12.6. The van der Waals surface area contributed by atoms with Crippen LogP contribution in [0.2, 0.25) is 0 Å². The van der Waals surface area contributed by atoms with E-state index in [1.165, 1.54) is 49.0 Å². The molecule has 4 aromatic rings. The SMILES string of the molecule is O=S(=O)(Nc1nccs1)c1ccc(-c2ncc(C(c3ccccc3)C3CCCCC3)[nH]2)cc1. The Morgan fingerprint density at radius 1 is 0.970 bits per heavy atom. The lowest BCUT2D eigenvalue weighted by Crippen LogP contribution is -2.18. The van der Waals surface area contributed by atoms with Crippen LogP contribution in [0.5, 0.6) is 0 Å². The highest BCUT2D eigenvalue weighted by atomic mass is 32.2. The Balaban J connectivity index is 1.40. The maximum absolute atomic E-state index is 12.6. The summed E-state index contributed by atoms with van der Waals surface area (Å²) < 4.78 is 27.7. The Labute approximate surface area is 198 Å². The minimum absolute atomic E-state index is 0.192. The fourth-order valence-electron chi connectivity index (χ4n) is 4.71. The molecule has 0 aliphatic heterocycles. The number of thiazole rings is 1. The highest BCUT2D eigenvalue weighted by Crippen LogP contribution is 2.40. The van der Waals surface area contributed by atoms with Gasteiger partial charge < -0.3 is 4.98 Å². The van der Waals surface area contributed by atoms with Crippen LogP contribution in [-0.4, -0.2) is 23.4 Å². The van der Waals surface area contributed by atoms with E-state index in [-0.39, 0.29) is 10.8 Å². The van der Waals surface area contributed by atoms with Gasteiger partial charge in [0.25, 0.3) is 10.0 Å². The normalized spacial score (nSPS) is 15.9. The average Bonchev–Trinajstić information content (AvgIpc) is 3.53. The van der Waals surface area contributed by atoms with E-state index in [0.717, 1.165) is 17.1 Å². The van der Waals surface area contributed by atoms with Gasteiger partial charge in [0.1, 0.15) is 5.82 Å². The van der Waals surface area contributed by atoms with Crippen molar-refractivity contribution in [2.24, 2.45) is 5.92 Å². The van der Waals surface area contributed by atoms with Crippen molar-refractivity contribution in [3.63, 3.8) is 0 Å². The van der Waals surface area contributed by atoms with E-state index >= 15 is 0 Å². The van der Waals surface area contributed by atoms with Crippen LogP contribution in [0, 0.1) is 5.92 Å². The number of aromatic nitrogens is 3. The van der Waals surface area contributed by atoms with Gasteiger partial charge in [-0.2, -0.15) is 0 Å². The van der Waals surface area contributed by atoms with Crippen LogP contribution >= 0.6 is 11.3 Å². The van der Waals surface area contributed by atoms with Gasteiger partial charge in [-0.25, -0.2) is 18.4 Å². The fraction of sp³-hybridized carbons (Fsp3) is 0.280. The van der Waals surface area contributed by atoms with Crippen LogP contribution < -0.4 is 4.72 Å². The van der Waals surface area contributed by atoms with E-state index in [1.807, 2.05) is 6.20 Å². The number of nitrogens with one attached hydrogen (secondary N) is 2. The predicted molar refractivity (Wildman–Crippen MR) is 132 cm³/mol. The monoisotopic (exact) mass is 478 g/mol. The van der Waals surface area contributed by atoms with Gasteiger partial charge in [0.05, 0.1) is 4.90 Å². The van der Waals surface area contributed by atoms with Gasteiger partial charge in [0.15, 0.2) is 5.13 Å². The third kappa shape index (κ3) is 4.86. The lowest BCUT2D eigenvalue weighted by atomic mass is 9.75. The molecule has 6 nitrogen and oxygen atoms in total. The second-order valence-electron chi connectivity index (χ2n) is 8.44. The Kier molecular flexibility index (Phi) is 6.28. The molecule has 1 atom stereocenters. The molecule has 170 valence electrons. The minimum Gasteiger partial charge on any atom is -0.341 e. The molecule has 1 fully saturated rings. The number of hydrogen-bond acceptors (Lipinski definition) is 5. The molecule has 1 aliphatic carbocycles. The number of aromatic amines is 1. The van der Waals surface area contributed by atoms with Gasteiger partial charge in [-0.3, -0.25) is 4.72 Å². The first-order chi connectivity index (χ1) is 16.1. The van der Waals surface area contributed by atoms with Crippen molar-refractivity contribution in [3.05, 3.63) is 83.6 Å². The first-order valence-electron chi connectivity index (χ1n) is 11.2. The topological polar surface area (TPSA) is 87.7 Å². The molecule has 1 aliphatic rings. The van der Waals surface area contributed by atoms with Crippen molar-refractivity contribution in [2.45, 2.75) is 42.9 Å². The number of imidazole rings is 1. The zero-order chi connectivity index (χ0) is 22.7. The fourth-order valence-corrected chi connectivity index (χ4v) is 6.50. The number of sulfonamides is 1. The minimum atomic E-state index is -3.67. The van der Waals surface area contributed by atoms with Gasteiger partial charge in [0.2, 0.25) is 0 Å². The number of hydrogen-bond donors (Lipinski definition) is 2. The zero-order valence-corrected chi connectivity index (χ0v) is 19.8. The summed E-state index contributed by atoms with van der Waals surface area (Å²) in [5.74, 6) is 1.63. The number of benzene rings is 2. The smallest absolute Gasteiger partial charge is 0.263 e. The molecule has 2 aromatic heterocycles. The summed E-state index contributed by atoms with van der Waals surface area (Å²) in [6, 6.07) is 17.4. The first-order valence-corrected chi connectivity index (χ1v) is 13.6. The summed E-state index contributed by atoms with van der Waals surface area (Å²) in [5.41, 5.74) is 3.28. The van der Waals surface area contributed by atoms with Crippen molar-refractivity contribution < 1.29 is 8.42 Å². The summed E-state index contributed by atoms with van der Waals surface area (Å²) in [4.78, 5) is 12.4. The number of nitrogens with zero attached hydrogens (tertiary/aromatic N) is 2. The van der Waals surface area contributed by atoms with Gasteiger partial charge in [-0.15, -0.1) is 11.3 Å². The third-order valence-electron chi connectivity index (χ3n) is 6.30. The van der Waals surface area contributed by atoms with Crippen LogP contribution in [0.4, 0.5) is 5.13 Å². The summed E-state index contributed by atoms with van der Waals surface area (Å²) in [5, 5.41) is 2.08. The largest absolute Gasteiger partial charge is 0.341 e. The third-order valence-corrected chi connectivity index (χ3v) is 8.48. The van der Waals surface area contributed by atoms with Crippen molar-refractivity contribution in [1.29, 1.82) is 0 Å². The summed E-state index contributed by atoms with van der Waals surface area (Å²) in [6.45, 7) is 0. The second kappa shape index (κ2) is 9.49. The summed E-state index contributed by atoms with van der Waals surface area (Å²) >= 11 is 1.24. The average molecular weight is 479 g/mol. The molecular formula is C25H26N4O2S2. The van der Waals surface area contributed by atoms with E-state index in [9.17, 15) is 8.42 Å². The van der Waals surface area contributed by atoms with E-state index in [1.54, 1.807) is 35.8 Å². The Bertz CT molecular complexity index is 1280. The zero-order valence-electron chi connectivity index (χ0n) is 18.1. The predicted octanol–water partition coefficient (Wildman–Crippen LogP) is 6.05.